The Labute approximate surface area is 112 Å². The molecular formula is C12H10N4O4. The molecule has 3 rings (SSSR count). The van der Waals surface area contributed by atoms with Crippen molar-refractivity contribution in [2.45, 2.75) is 12.5 Å². The van der Waals surface area contributed by atoms with Gasteiger partial charge in [0.2, 0.25) is 5.96 Å². The number of carbonyl (C=O) groups excluding carboxylic acids is 1. The van der Waals surface area contributed by atoms with Crippen molar-refractivity contribution in [2.75, 3.05) is 5.32 Å². The number of aliphatic carboxylic acids is 1. The largest absolute Gasteiger partial charge is 0.481 e. The van der Waals surface area contributed by atoms with Crippen LogP contribution >= 0.6 is 0 Å². The molecule has 1 aromatic heterocycles. The molecule has 1 aliphatic heterocycles. The molecule has 1 aromatic carbocycles. The van der Waals surface area contributed by atoms with Gasteiger partial charge in [-0.05, 0) is 12.1 Å². The van der Waals surface area contributed by atoms with Crippen molar-refractivity contribution >= 4 is 35.0 Å². The molecular weight excluding hydrogens is 264 g/mol. The number of nitrogens with one attached hydrogen (secondary N) is 2. The van der Waals surface area contributed by atoms with Crippen molar-refractivity contribution in [3.63, 3.8) is 0 Å². The Balaban J connectivity index is 1.77. The predicted molar refractivity (Wildman–Crippen MR) is 69.3 cm³/mol. The molecule has 3 N–H and O–H groups in total. The minimum absolute atomic E-state index is 0.132. The molecule has 8 heteroatoms. The normalized spacial score (nSPS) is 17.9. The Morgan fingerprint density at radius 3 is 3.00 bits per heavy atom. The first-order chi connectivity index (χ1) is 9.61. The molecule has 2 aromatic rings. The third kappa shape index (κ3) is 2.30. The van der Waals surface area contributed by atoms with Crippen LogP contribution in [-0.4, -0.2) is 34.0 Å². The number of guanidine groups is 1. The number of carboxylic acids is 1. The van der Waals surface area contributed by atoms with E-state index in [2.05, 4.69) is 20.6 Å². The predicted octanol–water partition coefficient (Wildman–Crippen LogP) is 0.569. The summed E-state index contributed by atoms with van der Waals surface area (Å²) in [5.41, 5.74) is 1.27. The second kappa shape index (κ2) is 4.65. The van der Waals surface area contributed by atoms with E-state index in [1.807, 2.05) is 12.1 Å². The number of carbonyl (C=O) groups is 2. The highest BCUT2D eigenvalue weighted by atomic mass is 16.4. The van der Waals surface area contributed by atoms with Crippen LogP contribution in [0.4, 0.5) is 6.01 Å². The van der Waals surface area contributed by atoms with E-state index in [1.54, 1.807) is 12.1 Å². The molecule has 0 bridgehead atoms. The van der Waals surface area contributed by atoms with Gasteiger partial charge in [0.25, 0.3) is 5.91 Å². The first-order valence-corrected chi connectivity index (χ1v) is 5.85. The SMILES string of the molecule is O=C(O)C[C@@H]1N=C(Nc2nc3ccccc3o2)NC1=O. The number of carboxylic acid groups (broad SMARTS) is 1. The number of anilines is 1. The minimum Gasteiger partial charge on any atom is -0.481 e. The number of rotatable bonds is 3. The van der Waals surface area contributed by atoms with E-state index in [9.17, 15) is 9.59 Å². The lowest BCUT2D eigenvalue weighted by atomic mass is 10.2. The minimum atomic E-state index is -1.09. The van der Waals surface area contributed by atoms with E-state index in [0.717, 1.165) is 0 Å². The average Bonchev–Trinajstić information content (AvgIpc) is 2.92. The van der Waals surface area contributed by atoms with Crippen LogP contribution in [0, 0.1) is 0 Å². The smallest absolute Gasteiger partial charge is 0.306 e. The summed E-state index contributed by atoms with van der Waals surface area (Å²) in [6, 6.07) is 6.43. The van der Waals surface area contributed by atoms with Crippen molar-refractivity contribution in [3.8, 4) is 0 Å². The molecule has 0 fully saturated rings. The van der Waals surface area contributed by atoms with Gasteiger partial charge in [0.1, 0.15) is 11.6 Å². The van der Waals surface area contributed by atoms with Crippen LogP contribution < -0.4 is 10.6 Å². The molecule has 102 valence electrons. The summed E-state index contributed by atoms with van der Waals surface area (Å²) < 4.78 is 5.41. The first-order valence-electron chi connectivity index (χ1n) is 5.85. The molecule has 1 amide bonds. The van der Waals surface area contributed by atoms with E-state index >= 15 is 0 Å². The first kappa shape index (κ1) is 12.2. The summed E-state index contributed by atoms with van der Waals surface area (Å²) in [5, 5.41) is 13.8. The fraction of sp³-hybridized carbons (Fsp3) is 0.167. The van der Waals surface area contributed by atoms with Gasteiger partial charge in [-0.15, -0.1) is 0 Å². The van der Waals surface area contributed by atoms with Crippen LogP contribution in [0.5, 0.6) is 0 Å². The van der Waals surface area contributed by atoms with Gasteiger partial charge in [-0.1, -0.05) is 12.1 Å². The molecule has 0 radical (unpaired) electrons. The highest BCUT2D eigenvalue weighted by Gasteiger charge is 2.29. The van der Waals surface area contributed by atoms with Gasteiger partial charge in [0.15, 0.2) is 5.58 Å². The Morgan fingerprint density at radius 1 is 1.45 bits per heavy atom. The van der Waals surface area contributed by atoms with Gasteiger partial charge >= 0.3 is 12.0 Å². The van der Waals surface area contributed by atoms with Crippen molar-refractivity contribution in [2.24, 2.45) is 4.99 Å². The second-order valence-corrected chi connectivity index (χ2v) is 4.19. The van der Waals surface area contributed by atoms with Crippen LogP contribution in [0.25, 0.3) is 11.1 Å². The monoisotopic (exact) mass is 274 g/mol. The zero-order valence-electron chi connectivity index (χ0n) is 10.2. The van der Waals surface area contributed by atoms with Crippen molar-refractivity contribution < 1.29 is 19.1 Å². The second-order valence-electron chi connectivity index (χ2n) is 4.19. The lowest BCUT2D eigenvalue weighted by Crippen LogP contribution is -2.33. The average molecular weight is 274 g/mol. The summed E-state index contributed by atoms with van der Waals surface area (Å²) in [4.78, 5) is 30.2. The van der Waals surface area contributed by atoms with Gasteiger partial charge < -0.3 is 9.52 Å². The molecule has 0 aliphatic carbocycles. The number of aliphatic imine (C=N–C) groups is 1. The van der Waals surface area contributed by atoms with Crippen LogP contribution in [0.3, 0.4) is 0 Å². The van der Waals surface area contributed by atoms with Crippen LogP contribution in [0.15, 0.2) is 33.7 Å². The zero-order chi connectivity index (χ0) is 14.1. The number of oxazole rings is 1. The molecule has 1 atom stereocenters. The van der Waals surface area contributed by atoms with Gasteiger partial charge in [-0.2, -0.15) is 4.98 Å². The van der Waals surface area contributed by atoms with Gasteiger partial charge in [-0.3, -0.25) is 20.2 Å². The highest BCUT2D eigenvalue weighted by molar-refractivity contribution is 6.10. The van der Waals surface area contributed by atoms with E-state index in [1.165, 1.54) is 0 Å². The van der Waals surface area contributed by atoms with E-state index in [-0.39, 0.29) is 18.4 Å². The molecule has 0 spiro atoms. The molecule has 2 heterocycles. The Kier molecular flexibility index (Phi) is 2.82. The molecule has 0 saturated carbocycles. The maximum Gasteiger partial charge on any atom is 0.306 e. The van der Waals surface area contributed by atoms with Gasteiger partial charge in [0, 0.05) is 0 Å². The Hall–Kier alpha value is -2.90. The summed E-state index contributed by atoms with van der Waals surface area (Å²) in [5.74, 6) is -1.42. The summed E-state index contributed by atoms with van der Waals surface area (Å²) in [6.07, 6.45) is -0.357. The number of aromatic nitrogens is 1. The fourth-order valence-electron chi connectivity index (χ4n) is 1.84. The lowest BCUT2D eigenvalue weighted by molar-refractivity contribution is -0.139. The molecule has 0 unspecified atom stereocenters. The molecule has 0 saturated heterocycles. The molecule has 8 nitrogen and oxygen atoms in total. The maximum absolute atomic E-state index is 11.5. The number of fused-ring (bicyclic) bond motifs is 1. The van der Waals surface area contributed by atoms with Crippen molar-refractivity contribution in [1.29, 1.82) is 0 Å². The number of benzene rings is 1. The van der Waals surface area contributed by atoms with E-state index in [4.69, 9.17) is 9.52 Å². The van der Waals surface area contributed by atoms with Gasteiger partial charge in [0.05, 0.1) is 6.42 Å². The third-order valence-corrected chi connectivity index (χ3v) is 2.72. The van der Waals surface area contributed by atoms with Crippen molar-refractivity contribution in [1.82, 2.24) is 10.3 Å². The highest BCUT2D eigenvalue weighted by Crippen LogP contribution is 2.18. The molecule has 1 aliphatic rings. The van der Waals surface area contributed by atoms with Crippen LogP contribution in [-0.2, 0) is 9.59 Å². The number of para-hydroxylation sites is 2. The van der Waals surface area contributed by atoms with Gasteiger partial charge in [-0.25, -0.2) is 4.99 Å². The quantitative estimate of drug-likeness (QED) is 0.753. The number of hydrogen-bond acceptors (Lipinski definition) is 6. The summed E-state index contributed by atoms with van der Waals surface area (Å²) >= 11 is 0. The zero-order valence-corrected chi connectivity index (χ0v) is 10.2. The standard InChI is InChI=1S/C12H10N4O4/c17-9(18)5-7-10(19)15-11(13-7)16-12-14-6-3-1-2-4-8(6)20-12/h1-4,7H,5H2,(H,17,18)(H2,13,14,15,16,19)/t7-/m0/s1. The van der Waals surface area contributed by atoms with E-state index < -0.39 is 17.9 Å². The fourth-order valence-corrected chi connectivity index (χ4v) is 1.84. The number of nitrogens with zero attached hydrogens (tertiary/aromatic N) is 2. The Bertz CT molecular complexity index is 688. The van der Waals surface area contributed by atoms with Crippen molar-refractivity contribution in [3.05, 3.63) is 24.3 Å². The topological polar surface area (TPSA) is 117 Å². The van der Waals surface area contributed by atoms with Crippen LogP contribution in [0.2, 0.25) is 0 Å². The lowest BCUT2D eigenvalue weighted by Gasteiger charge is -1.99. The number of hydrogen-bond donors (Lipinski definition) is 3. The summed E-state index contributed by atoms with van der Waals surface area (Å²) in [7, 11) is 0. The van der Waals surface area contributed by atoms with Crippen LogP contribution in [0.1, 0.15) is 6.42 Å². The van der Waals surface area contributed by atoms with E-state index in [0.29, 0.717) is 11.1 Å². The summed E-state index contributed by atoms with van der Waals surface area (Å²) in [6.45, 7) is 0. The third-order valence-electron chi connectivity index (χ3n) is 2.72. The number of amides is 1. The Morgan fingerprint density at radius 2 is 2.25 bits per heavy atom. The maximum atomic E-state index is 11.5. The molecule has 20 heavy (non-hydrogen) atoms.